The van der Waals surface area contributed by atoms with Crippen LogP contribution in [0.5, 0.6) is 0 Å². The first-order chi connectivity index (χ1) is 5.57. The molecule has 4 N–H and O–H groups in total. The van der Waals surface area contributed by atoms with Crippen LogP contribution in [0.25, 0.3) is 0 Å². The standard InChI is InChI=1S/C6H11ClO5/c7-1-2-3(8)4(9)5(10)6(11)12-2/h2-6,8-11H,1H2/t2-,3-,4+,5-,6?/m1/s1. The van der Waals surface area contributed by atoms with Gasteiger partial charge in [-0.1, -0.05) is 0 Å². The molecule has 0 spiro atoms. The van der Waals surface area contributed by atoms with E-state index in [-0.39, 0.29) is 5.88 Å². The molecule has 0 aromatic carbocycles. The minimum absolute atomic E-state index is 0.0536. The van der Waals surface area contributed by atoms with E-state index in [2.05, 4.69) is 0 Å². The third-order valence-electron chi connectivity index (χ3n) is 1.84. The van der Waals surface area contributed by atoms with Crippen LogP contribution in [-0.2, 0) is 4.74 Å². The maximum atomic E-state index is 9.20. The molecule has 1 aliphatic rings. The fourth-order valence-corrected chi connectivity index (χ4v) is 1.31. The Kier molecular flexibility index (Phi) is 3.28. The Hall–Kier alpha value is 0.0900. The smallest absolute Gasteiger partial charge is 0.184 e. The molecule has 0 aromatic rings. The van der Waals surface area contributed by atoms with Crippen molar-refractivity contribution in [3.8, 4) is 0 Å². The highest BCUT2D eigenvalue weighted by atomic mass is 35.5. The van der Waals surface area contributed by atoms with E-state index < -0.39 is 30.7 Å². The number of rotatable bonds is 1. The van der Waals surface area contributed by atoms with Crippen molar-refractivity contribution in [1.29, 1.82) is 0 Å². The van der Waals surface area contributed by atoms with E-state index in [1.807, 2.05) is 0 Å². The van der Waals surface area contributed by atoms with Gasteiger partial charge in [-0.15, -0.1) is 11.6 Å². The van der Waals surface area contributed by atoms with E-state index in [0.29, 0.717) is 0 Å². The quantitative estimate of drug-likeness (QED) is 0.367. The highest BCUT2D eigenvalue weighted by Gasteiger charge is 2.42. The Morgan fingerprint density at radius 1 is 1.00 bits per heavy atom. The molecule has 0 saturated carbocycles. The first-order valence-electron chi connectivity index (χ1n) is 3.51. The number of aliphatic hydroxyl groups is 4. The molecule has 0 amide bonds. The molecule has 1 fully saturated rings. The Labute approximate surface area is 74.2 Å². The topological polar surface area (TPSA) is 90.2 Å². The largest absolute Gasteiger partial charge is 0.388 e. The monoisotopic (exact) mass is 198 g/mol. The number of hydrogen-bond acceptors (Lipinski definition) is 5. The zero-order valence-electron chi connectivity index (χ0n) is 6.17. The summed E-state index contributed by atoms with van der Waals surface area (Å²) in [6.07, 6.45) is -6.51. The number of aliphatic hydroxyl groups excluding tert-OH is 4. The number of halogens is 1. The van der Waals surface area contributed by atoms with Gasteiger partial charge in [0.2, 0.25) is 0 Å². The summed E-state index contributed by atoms with van der Waals surface area (Å²) in [5.74, 6) is -0.0536. The molecular formula is C6H11ClO5. The molecule has 1 aliphatic heterocycles. The molecular weight excluding hydrogens is 188 g/mol. The van der Waals surface area contributed by atoms with Gasteiger partial charge >= 0.3 is 0 Å². The summed E-state index contributed by atoms with van der Waals surface area (Å²) in [6, 6.07) is 0. The molecule has 0 bridgehead atoms. The summed E-state index contributed by atoms with van der Waals surface area (Å²) in [7, 11) is 0. The minimum atomic E-state index is -1.49. The number of ether oxygens (including phenoxy) is 1. The maximum absolute atomic E-state index is 9.20. The van der Waals surface area contributed by atoms with Gasteiger partial charge in [0.1, 0.15) is 24.4 Å². The van der Waals surface area contributed by atoms with E-state index in [1.54, 1.807) is 0 Å². The van der Waals surface area contributed by atoms with E-state index >= 15 is 0 Å². The maximum Gasteiger partial charge on any atom is 0.184 e. The number of hydrogen-bond donors (Lipinski definition) is 4. The van der Waals surface area contributed by atoms with E-state index in [4.69, 9.17) is 31.7 Å². The van der Waals surface area contributed by atoms with Crippen LogP contribution in [0.3, 0.4) is 0 Å². The van der Waals surface area contributed by atoms with Crippen LogP contribution in [0.1, 0.15) is 0 Å². The molecule has 5 atom stereocenters. The van der Waals surface area contributed by atoms with Crippen LogP contribution in [-0.4, -0.2) is 57.0 Å². The SMILES string of the molecule is OC1O[C@H](CCl)[C@@H](O)[C@H](O)[C@H]1O. The summed E-state index contributed by atoms with van der Waals surface area (Å²) in [4.78, 5) is 0. The third kappa shape index (κ3) is 1.71. The molecule has 12 heavy (non-hydrogen) atoms. The van der Waals surface area contributed by atoms with Gasteiger partial charge < -0.3 is 25.2 Å². The van der Waals surface area contributed by atoms with Gasteiger partial charge in [0.05, 0.1) is 5.88 Å². The fraction of sp³-hybridized carbons (Fsp3) is 1.00. The highest BCUT2D eigenvalue weighted by molar-refractivity contribution is 6.18. The van der Waals surface area contributed by atoms with Crippen LogP contribution >= 0.6 is 11.6 Å². The van der Waals surface area contributed by atoms with Gasteiger partial charge in [-0.3, -0.25) is 0 Å². The van der Waals surface area contributed by atoms with Crippen molar-refractivity contribution in [2.24, 2.45) is 0 Å². The van der Waals surface area contributed by atoms with E-state index in [9.17, 15) is 5.11 Å². The molecule has 1 unspecified atom stereocenters. The van der Waals surface area contributed by atoms with Gasteiger partial charge in [-0.2, -0.15) is 0 Å². The summed E-state index contributed by atoms with van der Waals surface area (Å²) in [5.41, 5.74) is 0. The van der Waals surface area contributed by atoms with Crippen LogP contribution in [0, 0.1) is 0 Å². The Morgan fingerprint density at radius 3 is 2.08 bits per heavy atom. The first kappa shape index (κ1) is 10.2. The molecule has 0 radical (unpaired) electrons. The summed E-state index contributed by atoms with van der Waals surface area (Å²) in [5, 5.41) is 36.3. The normalized spacial score (nSPS) is 49.2. The molecule has 1 rings (SSSR count). The highest BCUT2D eigenvalue weighted by Crippen LogP contribution is 2.20. The second-order valence-corrected chi connectivity index (χ2v) is 3.00. The average Bonchev–Trinajstić information content (AvgIpc) is 2.08. The van der Waals surface area contributed by atoms with Crippen molar-refractivity contribution in [3.63, 3.8) is 0 Å². The minimum Gasteiger partial charge on any atom is -0.388 e. The molecule has 72 valence electrons. The summed E-state index contributed by atoms with van der Waals surface area (Å²) in [6.45, 7) is 0. The first-order valence-corrected chi connectivity index (χ1v) is 4.05. The van der Waals surface area contributed by atoms with Gasteiger partial charge in [0.25, 0.3) is 0 Å². The second-order valence-electron chi connectivity index (χ2n) is 2.69. The average molecular weight is 199 g/mol. The van der Waals surface area contributed by atoms with Crippen molar-refractivity contribution in [1.82, 2.24) is 0 Å². The molecule has 1 saturated heterocycles. The van der Waals surface area contributed by atoms with E-state index in [0.717, 1.165) is 0 Å². The van der Waals surface area contributed by atoms with Gasteiger partial charge in [0.15, 0.2) is 6.29 Å². The number of alkyl halides is 1. The van der Waals surface area contributed by atoms with E-state index in [1.165, 1.54) is 0 Å². The molecule has 0 aromatic heterocycles. The van der Waals surface area contributed by atoms with Crippen LogP contribution in [0.2, 0.25) is 0 Å². The lowest BCUT2D eigenvalue weighted by Gasteiger charge is -2.37. The van der Waals surface area contributed by atoms with Crippen molar-refractivity contribution in [2.45, 2.75) is 30.7 Å². The summed E-state index contributed by atoms with van der Waals surface area (Å²) < 4.78 is 4.69. The Balaban J connectivity index is 2.63. The van der Waals surface area contributed by atoms with Crippen LogP contribution < -0.4 is 0 Å². The molecule has 5 nitrogen and oxygen atoms in total. The molecule has 1 heterocycles. The van der Waals surface area contributed by atoms with Gasteiger partial charge in [-0.05, 0) is 0 Å². The van der Waals surface area contributed by atoms with Crippen LogP contribution in [0.15, 0.2) is 0 Å². The zero-order chi connectivity index (χ0) is 9.30. The fourth-order valence-electron chi connectivity index (χ4n) is 1.06. The van der Waals surface area contributed by atoms with Crippen LogP contribution in [0.4, 0.5) is 0 Å². The molecule has 0 aliphatic carbocycles. The van der Waals surface area contributed by atoms with Crippen molar-refractivity contribution >= 4 is 11.6 Å². The third-order valence-corrected chi connectivity index (χ3v) is 2.14. The van der Waals surface area contributed by atoms with Crippen molar-refractivity contribution < 1.29 is 25.2 Å². The lowest BCUT2D eigenvalue weighted by atomic mass is 10.0. The second kappa shape index (κ2) is 3.87. The van der Waals surface area contributed by atoms with Gasteiger partial charge in [0, 0.05) is 0 Å². The predicted octanol–water partition coefficient (Wildman–Crippen LogP) is -1.97. The zero-order valence-corrected chi connectivity index (χ0v) is 6.92. The predicted molar refractivity (Wildman–Crippen MR) is 39.6 cm³/mol. The lowest BCUT2D eigenvalue weighted by molar-refractivity contribution is -0.276. The molecule has 6 heteroatoms. The van der Waals surface area contributed by atoms with Crippen molar-refractivity contribution in [3.05, 3.63) is 0 Å². The van der Waals surface area contributed by atoms with Gasteiger partial charge in [-0.25, -0.2) is 0 Å². The Bertz CT molecular complexity index is 150. The Morgan fingerprint density at radius 2 is 1.58 bits per heavy atom. The van der Waals surface area contributed by atoms with Crippen molar-refractivity contribution in [2.75, 3.05) is 5.88 Å². The lowest BCUT2D eigenvalue weighted by Crippen LogP contribution is -2.57. The summed E-state index contributed by atoms with van der Waals surface area (Å²) >= 11 is 5.36.